The summed E-state index contributed by atoms with van der Waals surface area (Å²) in [6.45, 7) is 0.741. The van der Waals surface area contributed by atoms with Gasteiger partial charge in [-0.25, -0.2) is 22.9 Å². The molecule has 0 spiro atoms. The first kappa shape index (κ1) is 18.5. The normalized spacial score (nSPS) is 15.8. The fourth-order valence-electron chi connectivity index (χ4n) is 2.73. The van der Waals surface area contributed by atoms with E-state index in [1.165, 1.54) is 18.2 Å². The number of piperidine rings is 1. The van der Waals surface area contributed by atoms with Crippen molar-refractivity contribution < 1.29 is 23.1 Å². The molecule has 1 aliphatic rings. The van der Waals surface area contributed by atoms with Crippen LogP contribution >= 0.6 is 11.3 Å². The Morgan fingerprint density at radius 2 is 1.85 bits per heavy atom. The molecular weight excluding hydrogens is 378 g/mol. The summed E-state index contributed by atoms with van der Waals surface area (Å²) >= 11 is 1.15. The van der Waals surface area contributed by atoms with Crippen LogP contribution in [0.5, 0.6) is 0 Å². The van der Waals surface area contributed by atoms with Crippen LogP contribution in [0.4, 0.5) is 0 Å². The Balaban J connectivity index is 1.61. The van der Waals surface area contributed by atoms with Crippen molar-refractivity contribution in [2.24, 2.45) is 0 Å². The summed E-state index contributed by atoms with van der Waals surface area (Å²) in [7, 11) is -3.53. The van der Waals surface area contributed by atoms with Crippen molar-refractivity contribution in [2.45, 2.75) is 23.1 Å². The quantitative estimate of drug-likeness (QED) is 0.791. The molecule has 0 unspecified atom stereocenters. The number of pyridine rings is 1. The lowest BCUT2D eigenvalue weighted by molar-refractivity contribution is 0.0688. The molecule has 1 amide bonds. The lowest BCUT2D eigenvalue weighted by atomic mass is 10.1. The topological polar surface area (TPSA) is 117 Å². The van der Waals surface area contributed by atoms with E-state index in [0.29, 0.717) is 25.9 Å². The molecule has 0 atom stereocenters. The molecule has 1 aliphatic heterocycles. The van der Waals surface area contributed by atoms with Gasteiger partial charge in [0.2, 0.25) is 10.0 Å². The molecule has 1 saturated heterocycles. The SMILES string of the molecule is O=C(O)c1cccc(C(=O)N2CCC(NS(=O)(=O)c3cccs3)CC2)n1. The van der Waals surface area contributed by atoms with Crippen LogP contribution in [-0.4, -0.2) is 54.4 Å². The van der Waals surface area contributed by atoms with E-state index in [9.17, 15) is 18.0 Å². The van der Waals surface area contributed by atoms with E-state index < -0.39 is 16.0 Å². The minimum atomic E-state index is -3.53. The van der Waals surface area contributed by atoms with Gasteiger partial charge in [-0.15, -0.1) is 11.3 Å². The number of carbonyl (C=O) groups is 2. The third-order valence-corrected chi connectivity index (χ3v) is 6.97. The van der Waals surface area contributed by atoms with Crippen LogP contribution in [-0.2, 0) is 10.0 Å². The molecule has 2 aromatic rings. The zero-order valence-electron chi connectivity index (χ0n) is 13.7. The minimum Gasteiger partial charge on any atom is -0.477 e. The molecule has 26 heavy (non-hydrogen) atoms. The molecule has 0 aliphatic carbocycles. The number of rotatable bonds is 5. The summed E-state index contributed by atoms with van der Waals surface area (Å²) < 4.78 is 27.4. The summed E-state index contributed by atoms with van der Waals surface area (Å²) in [5.41, 5.74) is -0.114. The Kier molecular flexibility index (Phi) is 5.35. The molecule has 3 heterocycles. The molecule has 3 rings (SSSR count). The highest BCUT2D eigenvalue weighted by Gasteiger charge is 2.28. The van der Waals surface area contributed by atoms with Crippen LogP contribution in [0.2, 0.25) is 0 Å². The van der Waals surface area contributed by atoms with Gasteiger partial charge < -0.3 is 10.0 Å². The Morgan fingerprint density at radius 3 is 2.46 bits per heavy atom. The van der Waals surface area contributed by atoms with E-state index >= 15 is 0 Å². The first-order valence-corrected chi connectivity index (χ1v) is 10.3. The Hall–Kier alpha value is -2.30. The van der Waals surface area contributed by atoms with Gasteiger partial charge in [-0.1, -0.05) is 12.1 Å². The van der Waals surface area contributed by atoms with Gasteiger partial charge in [0.1, 0.15) is 15.6 Å². The van der Waals surface area contributed by atoms with Crippen LogP contribution in [0.15, 0.2) is 39.9 Å². The van der Waals surface area contributed by atoms with Gasteiger partial charge in [-0.05, 0) is 36.4 Å². The lowest BCUT2D eigenvalue weighted by Gasteiger charge is -2.32. The number of carboxylic acids is 1. The highest BCUT2D eigenvalue weighted by atomic mass is 32.2. The first-order chi connectivity index (χ1) is 12.4. The zero-order valence-corrected chi connectivity index (χ0v) is 15.3. The number of hydrogen-bond acceptors (Lipinski definition) is 6. The summed E-state index contributed by atoms with van der Waals surface area (Å²) in [5, 5.41) is 10.7. The number of carbonyl (C=O) groups excluding carboxylic acids is 1. The van der Waals surface area contributed by atoms with Gasteiger partial charge >= 0.3 is 5.97 Å². The molecule has 8 nitrogen and oxygen atoms in total. The van der Waals surface area contributed by atoms with E-state index in [1.807, 2.05) is 0 Å². The number of aromatic carboxylic acids is 1. The van der Waals surface area contributed by atoms with Crippen LogP contribution in [0, 0.1) is 0 Å². The third kappa shape index (κ3) is 4.09. The van der Waals surface area contributed by atoms with E-state index in [4.69, 9.17) is 5.11 Å². The van der Waals surface area contributed by atoms with Crippen molar-refractivity contribution >= 4 is 33.2 Å². The van der Waals surface area contributed by atoms with Gasteiger partial charge in [0.15, 0.2) is 0 Å². The summed E-state index contributed by atoms with van der Waals surface area (Å²) in [6, 6.07) is 7.26. The molecule has 2 N–H and O–H groups in total. The minimum absolute atomic E-state index is 0.0718. The number of likely N-dealkylation sites (tertiary alicyclic amines) is 1. The van der Waals surface area contributed by atoms with Gasteiger partial charge in [-0.2, -0.15) is 0 Å². The van der Waals surface area contributed by atoms with Crippen molar-refractivity contribution in [3.63, 3.8) is 0 Å². The highest BCUT2D eigenvalue weighted by Crippen LogP contribution is 2.19. The van der Waals surface area contributed by atoms with Crippen molar-refractivity contribution in [3.8, 4) is 0 Å². The summed E-state index contributed by atoms with van der Waals surface area (Å²) in [4.78, 5) is 28.9. The zero-order chi connectivity index (χ0) is 18.7. The number of nitrogens with zero attached hydrogens (tertiary/aromatic N) is 2. The van der Waals surface area contributed by atoms with Crippen LogP contribution < -0.4 is 4.72 Å². The number of amides is 1. The Labute approximate surface area is 154 Å². The number of hydrogen-bond donors (Lipinski definition) is 2. The molecule has 0 radical (unpaired) electrons. The van der Waals surface area contributed by atoms with E-state index in [0.717, 1.165) is 11.3 Å². The fourth-order valence-corrected chi connectivity index (χ4v) is 5.04. The van der Waals surface area contributed by atoms with Crippen LogP contribution in [0.3, 0.4) is 0 Å². The molecule has 2 aromatic heterocycles. The molecule has 0 aromatic carbocycles. The summed E-state index contributed by atoms with van der Waals surface area (Å²) in [6.07, 6.45) is 0.962. The smallest absolute Gasteiger partial charge is 0.354 e. The summed E-state index contributed by atoms with van der Waals surface area (Å²) in [5.74, 6) is -1.55. The van der Waals surface area contributed by atoms with E-state index in [-0.39, 0.29) is 27.5 Å². The third-order valence-electron chi connectivity index (χ3n) is 4.05. The molecule has 0 bridgehead atoms. The maximum absolute atomic E-state index is 12.5. The van der Waals surface area contributed by atoms with Crippen LogP contribution in [0.25, 0.3) is 0 Å². The molecule has 1 fully saturated rings. The van der Waals surface area contributed by atoms with Crippen LogP contribution in [0.1, 0.15) is 33.8 Å². The Morgan fingerprint density at radius 1 is 1.15 bits per heavy atom. The van der Waals surface area contributed by atoms with E-state index in [1.54, 1.807) is 22.4 Å². The molecule has 138 valence electrons. The second-order valence-corrected chi connectivity index (χ2v) is 8.72. The molecule has 0 saturated carbocycles. The Bertz CT molecular complexity index is 904. The van der Waals surface area contributed by atoms with E-state index in [2.05, 4.69) is 9.71 Å². The van der Waals surface area contributed by atoms with Crippen molar-refractivity contribution in [3.05, 3.63) is 47.1 Å². The first-order valence-electron chi connectivity index (χ1n) is 7.92. The maximum Gasteiger partial charge on any atom is 0.354 e. The average Bonchev–Trinajstić information content (AvgIpc) is 3.17. The number of carboxylic acid groups (broad SMARTS) is 1. The van der Waals surface area contributed by atoms with Gasteiger partial charge in [0.25, 0.3) is 5.91 Å². The number of aromatic nitrogens is 1. The number of nitrogens with one attached hydrogen (secondary N) is 1. The largest absolute Gasteiger partial charge is 0.477 e. The van der Waals surface area contributed by atoms with Crippen molar-refractivity contribution in [2.75, 3.05) is 13.1 Å². The second-order valence-electron chi connectivity index (χ2n) is 5.83. The monoisotopic (exact) mass is 395 g/mol. The predicted octanol–water partition coefficient (Wildman–Crippen LogP) is 1.42. The average molecular weight is 395 g/mol. The van der Waals surface area contributed by atoms with Crippen molar-refractivity contribution in [1.82, 2.24) is 14.6 Å². The standard InChI is InChI=1S/C16H17N3O5S2/c20-15(12-3-1-4-13(17-12)16(21)22)19-8-6-11(7-9-19)18-26(23,24)14-5-2-10-25-14/h1-5,10-11,18H,6-9H2,(H,21,22). The molecule has 10 heteroatoms. The van der Waals surface area contributed by atoms with Gasteiger partial charge in [0.05, 0.1) is 0 Å². The van der Waals surface area contributed by atoms with Gasteiger partial charge in [-0.3, -0.25) is 4.79 Å². The second kappa shape index (κ2) is 7.52. The number of thiophene rings is 1. The van der Waals surface area contributed by atoms with Crippen molar-refractivity contribution in [1.29, 1.82) is 0 Å². The number of sulfonamides is 1. The maximum atomic E-state index is 12.5. The lowest BCUT2D eigenvalue weighted by Crippen LogP contribution is -2.46. The predicted molar refractivity (Wildman–Crippen MR) is 94.8 cm³/mol. The molecular formula is C16H17N3O5S2. The van der Waals surface area contributed by atoms with Gasteiger partial charge in [0, 0.05) is 19.1 Å². The fraction of sp³-hybridized carbons (Fsp3) is 0.312. The highest BCUT2D eigenvalue weighted by molar-refractivity contribution is 7.91.